The lowest BCUT2D eigenvalue weighted by atomic mass is 10.3. The molecule has 2 aromatic rings. The molecule has 76 valence electrons. The Bertz CT molecular complexity index is 601. The van der Waals surface area contributed by atoms with Crippen molar-refractivity contribution in [1.82, 2.24) is 14.1 Å². The van der Waals surface area contributed by atoms with Crippen molar-refractivity contribution in [3.63, 3.8) is 0 Å². The van der Waals surface area contributed by atoms with Gasteiger partial charge in [-0.15, -0.1) is 0 Å². The second kappa shape index (κ2) is 2.79. The van der Waals surface area contributed by atoms with E-state index in [0.717, 1.165) is 6.42 Å². The second-order valence-corrected chi connectivity index (χ2v) is 3.63. The maximum atomic E-state index is 11.6. The molecule has 0 aromatic carbocycles. The van der Waals surface area contributed by atoms with E-state index in [0.29, 0.717) is 24.3 Å². The first-order chi connectivity index (χ1) is 7.27. The topological polar surface area (TPSA) is 56.9 Å². The molecule has 1 aliphatic rings. The quantitative estimate of drug-likeness (QED) is 0.603. The van der Waals surface area contributed by atoms with E-state index in [1.807, 2.05) is 0 Å². The van der Waals surface area contributed by atoms with Crippen LogP contribution in [-0.4, -0.2) is 14.1 Å². The van der Waals surface area contributed by atoms with Crippen LogP contribution in [0.5, 0.6) is 0 Å². The van der Waals surface area contributed by atoms with Gasteiger partial charge in [-0.25, -0.2) is 4.98 Å². The number of rotatable bonds is 0. The van der Waals surface area contributed by atoms with E-state index in [1.54, 1.807) is 15.2 Å². The third-order valence-corrected chi connectivity index (χ3v) is 2.73. The van der Waals surface area contributed by atoms with Gasteiger partial charge in [-0.05, 0) is 12.5 Å². The highest BCUT2D eigenvalue weighted by molar-refractivity contribution is 5.70. The molecule has 3 heterocycles. The molecule has 0 saturated heterocycles. The van der Waals surface area contributed by atoms with Crippen molar-refractivity contribution in [2.75, 3.05) is 0 Å². The van der Waals surface area contributed by atoms with Gasteiger partial charge in [0.1, 0.15) is 11.2 Å². The average Bonchev–Trinajstić information content (AvgIpc) is 2.27. The number of nitrogens with zero attached hydrogens (tertiary/aromatic N) is 3. The van der Waals surface area contributed by atoms with Gasteiger partial charge in [0.25, 0.3) is 11.1 Å². The highest BCUT2D eigenvalue weighted by Gasteiger charge is 2.14. The molecule has 0 saturated carbocycles. The molecule has 0 fully saturated rings. The molecule has 0 atom stereocenters. The van der Waals surface area contributed by atoms with Crippen LogP contribution in [0, 0.1) is 0 Å². The highest BCUT2D eigenvalue weighted by atomic mass is 16.1. The van der Waals surface area contributed by atoms with Crippen molar-refractivity contribution < 1.29 is 0 Å². The lowest BCUT2D eigenvalue weighted by Crippen LogP contribution is -2.32. The summed E-state index contributed by atoms with van der Waals surface area (Å²) in [5, 5.41) is 0. The van der Waals surface area contributed by atoms with E-state index >= 15 is 0 Å². The molecule has 1 aliphatic heterocycles. The Labute approximate surface area is 84.6 Å². The minimum Gasteiger partial charge on any atom is -0.293 e. The Morgan fingerprint density at radius 3 is 2.60 bits per heavy atom. The number of hydrogen-bond acceptors (Lipinski definition) is 3. The van der Waals surface area contributed by atoms with Crippen molar-refractivity contribution in [3.05, 3.63) is 39.0 Å². The van der Waals surface area contributed by atoms with Crippen LogP contribution in [0.2, 0.25) is 0 Å². The van der Waals surface area contributed by atoms with Crippen molar-refractivity contribution in [2.24, 2.45) is 0 Å². The van der Waals surface area contributed by atoms with E-state index < -0.39 is 0 Å². The normalized spacial score (nSPS) is 14.4. The largest absolute Gasteiger partial charge is 0.293 e. The summed E-state index contributed by atoms with van der Waals surface area (Å²) in [6.07, 6.45) is 2.12. The van der Waals surface area contributed by atoms with Crippen molar-refractivity contribution >= 4 is 11.2 Å². The van der Waals surface area contributed by atoms with Crippen LogP contribution in [0.1, 0.15) is 6.42 Å². The SMILES string of the molecule is O=c1ccc2ncc(=O)n3c2n1CCC3. The average molecular weight is 203 g/mol. The first kappa shape index (κ1) is 8.40. The third-order valence-electron chi connectivity index (χ3n) is 2.73. The lowest BCUT2D eigenvalue weighted by molar-refractivity contribution is 0.504. The van der Waals surface area contributed by atoms with Gasteiger partial charge in [-0.3, -0.25) is 18.7 Å². The van der Waals surface area contributed by atoms with Gasteiger partial charge < -0.3 is 0 Å². The maximum Gasteiger partial charge on any atom is 0.270 e. The summed E-state index contributed by atoms with van der Waals surface area (Å²) in [4.78, 5) is 27.2. The molecule has 0 amide bonds. The van der Waals surface area contributed by atoms with E-state index in [-0.39, 0.29) is 11.1 Å². The molecule has 15 heavy (non-hydrogen) atoms. The van der Waals surface area contributed by atoms with Crippen LogP contribution in [0.3, 0.4) is 0 Å². The summed E-state index contributed by atoms with van der Waals surface area (Å²) in [6.45, 7) is 1.34. The molecule has 5 nitrogen and oxygen atoms in total. The molecule has 0 aliphatic carbocycles. The van der Waals surface area contributed by atoms with Crippen LogP contribution in [-0.2, 0) is 13.1 Å². The molecular formula is C10H9N3O2. The van der Waals surface area contributed by atoms with Gasteiger partial charge in [-0.1, -0.05) is 0 Å². The van der Waals surface area contributed by atoms with Crippen molar-refractivity contribution in [3.8, 4) is 0 Å². The number of aromatic nitrogens is 3. The van der Waals surface area contributed by atoms with Gasteiger partial charge >= 0.3 is 0 Å². The fourth-order valence-corrected chi connectivity index (χ4v) is 2.06. The van der Waals surface area contributed by atoms with Crippen LogP contribution < -0.4 is 11.1 Å². The molecule has 0 unspecified atom stereocenters. The Morgan fingerprint density at radius 1 is 1.07 bits per heavy atom. The monoisotopic (exact) mass is 203 g/mol. The molecule has 0 N–H and O–H groups in total. The highest BCUT2D eigenvalue weighted by Crippen LogP contribution is 2.12. The Hall–Kier alpha value is -1.91. The summed E-state index contributed by atoms with van der Waals surface area (Å²) in [5.41, 5.74) is 1.15. The van der Waals surface area contributed by atoms with Gasteiger partial charge in [-0.2, -0.15) is 0 Å². The summed E-state index contributed by atoms with van der Waals surface area (Å²) in [5.74, 6) is 0. The van der Waals surface area contributed by atoms with Gasteiger partial charge in [0.2, 0.25) is 0 Å². The predicted molar refractivity (Wildman–Crippen MR) is 54.9 cm³/mol. The number of hydrogen-bond donors (Lipinski definition) is 0. The smallest absolute Gasteiger partial charge is 0.270 e. The van der Waals surface area contributed by atoms with Crippen LogP contribution >= 0.6 is 0 Å². The summed E-state index contributed by atoms with van der Waals surface area (Å²) >= 11 is 0. The number of pyridine rings is 1. The first-order valence-corrected chi connectivity index (χ1v) is 4.87. The fraction of sp³-hybridized carbons (Fsp3) is 0.300. The Morgan fingerprint density at radius 2 is 1.80 bits per heavy atom. The first-order valence-electron chi connectivity index (χ1n) is 4.87. The lowest BCUT2D eigenvalue weighted by Gasteiger charge is -2.19. The Kier molecular flexibility index (Phi) is 1.56. The zero-order valence-corrected chi connectivity index (χ0v) is 8.01. The second-order valence-electron chi connectivity index (χ2n) is 3.63. The Balaban J connectivity index is 2.63. The minimum atomic E-state index is -0.137. The fourth-order valence-electron chi connectivity index (χ4n) is 2.06. The van der Waals surface area contributed by atoms with E-state index in [4.69, 9.17) is 0 Å². The maximum absolute atomic E-state index is 11.6. The molecule has 5 heteroatoms. The van der Waals surface area contributed by atoms with Gasteiger partial charge in [0, 0.05) is 19.2 Å². The van der Waals surface area contributed by atoms with Crippen molar-refractivity contribution in [2.45, 2.75) is 19.5 Å². The summed E-state index contributed by atoms with van der Waals surface area (Å²) < 4.78 is 3.24. The van der Waals surface area contributed by atoms with Crippen LogP contribution in [0.4, 0.5) is 0 Å². The number of aryl methyl sites for hydroxylation is 2. The molecule has 0 spiro atoms. The summed E-state index contributed by atoms with van der Waals surface area (Å²) in [7, 11) is 0. The van der Waals surface area contributed by atoms with E-state index in [2.05, 4.69) is 4.98 Å². The molecule has 0 bridgehead atoms. The standard InChI is InChI=1S/C10H9N3O2/c14-8-3-2-7-10-12(8)4-1-5-13(10)9(15)6-11-7/h2-3,6H,1,4-5H2. The minimum absolute atomic E-state index is 0.0663. The van der Waals surface area contributed by atoms with Gasteiger partial charge in [0.15, 0.2) is 0 Å². The van der Waals surface area contributed by atoms with Crippen LogP contribution in [0.25, 0.3) is 11.2 Å². The zero-order chi connectivity index (χ0) is 10.4. The molecular weight excluding hydrogens is 194 g/mol. The molecule has 2 aromatic heterocycles. The van der Waals surface area contributed by atoms with Gasteiger partial charge in [0.05, 0.1) is 6.20 Å². The van der Waals surface area contributed by atoms with Crippen LogP contribution in [0.15, 0.2) is 27.9 Å². The molecule has 3 rings (SSSR count). The van der Waals surface area contributed by atoms with E-state index in [9.17, 15) is 9.59 Å². The zero-order valence-electron chi connectivity index (χ0n) is 8.01. The van der Waals surface area contributed by atoms with Crippen molar-refractivity contribution in [1.29, 1.82) is 0 Å². The summed E-state index contributed by atoms with van der Waals surface area (Å²) in [6, 6.07) is 3.16. The predicted octanol–water partition coefficient (Wildman–Crippen LogP) is -0.0381. The van der Waals surface area contributed by atoms with E-state index in [1.165, 1.54) is 12.3 Å². The third kappa shape index (κ3) is 1.06. The molecule has 0 radical (unpaired) electrons.